The number of carboxylic acid groups (broad SMARTS) is 1. The van der Waals surface area contributed by atoms with Gasteiger partial charge < -0.3 is 10.4 Å². The van der Waals surface area contributed by atoms with Gasteiger partial charge in [-0.05, 0) is 37.0 Å². The molecule has 1 rings (SSSR count). The molecule has 122 valence electrons. The van der Waals surface area contributed by atoms with Crippen molar-refractivity contribution >= 4 is 11.9 Å². The molecule has 0 saturated carbocycles. The van der Waals surface area contributed by atoms with Gasteiger partial charge in [0, 0.05) is 24.9 Å². The minimum Gasteiger partial charge on any atom is -0.481 e. The van der Waals surface area contributed by atoms with Crippen molar-refractivity contribution in [2.75, 3.05) is 6.54 Å². The van der Waals surface area contributed by atoms with E-state index in [1.165, 1.54) is 24.3 Å². The average Bonchev–Trinajstić information content (AvgIpc) is 2.44. The topological polar surface area (TPSA) is 66.4 Å². The van der Waals surface area contributed by atoms with E-state index < -0.39 is 18.6 Å². The highest BCUT2D eigenvalue weighted by atomic mass is 19.4. The Morgan fingerprint density at radius 1 is 1.09 bits per heavy atom. The van der Waals surface area contributed by atoms with Gasteiger partial charge in [0.05, 0.1) is 0 Å². The number of amides is 1. The van der Waals surface area contributed by atoms with Crippen LogP contribution >= 0.6 is 0 Å². The average molecular weight is 317 g/mol. The molecule has 1 amide bonds. The van der Waals surface area contributed by atoms with Gasteiger partial charge in [-0.2, -0.15) is 13.2 Å². The summed E-state index contributed by atoms with van der Waals surface area (Å²) >= 11 is 0. The molecule has 0 aromatic heterocycles. The van der Waals surface area contributed by atoms with Crippen LogP contribution in [-0.4, -0.2) is 29.7 Å². The van der Waals surface area contributed by atoms with E-state index in [4.69, 9.17) is 5.11 Å². The van der Waals surface area contributed by atoms with E-state index in [0.717, 1.165) is 0 Å². The van der Waals surface area contributed by atoms with E-state index in [0.29, 0.717) is 30.5 Å². The van der Waals surface area contributed by atoms with E-state index in [9.17, 15) is 22.8 Å². The third kappa shape index (κ3) is 7.66. The zero-order chi connectivity index (χ0) is 16.6. The number of benzene rings is 1. The van der Waals surface area contributed by atoms with Crippen LogP contribution in [0.2, 0.25) is 0 Å². The number of unbranched alkanes of at least 4 members (excludes halogenated alkanes) is 1. The fraction of sp³-hybridized carbons (Fsp3) is 0.467. The predicted molar refractivity (Wildman–Crippen MR) is 74.6 cm³/mol. The minimum atomic E-state index is -4.19. The zero-order valence-corrected chi connectivity index (χ0v) is 11.9. The van der Waals surface area contributed by atoms with Gasteiger partial charge in [0.1, 0.15) is 0 Å². The quantitative estimate of drug-likeness (QED) is 0.724. The van der Waals surface area contributed by atoms with Crippen LogP contribution in [0, 0.1) is 0 Å². The molecule has 0 heterocycles. The molecule has 0 unspecified atom stereocenters. The summed E-state index contributed by atoms with van der Waals surface area (Å²) in [6.45, 7) is 0.363. The lowest BCUT2D eigenvalue weighted by atomic mass is 10.1. The second-order valence-electron chi connectivity index (χ2n) is 4.92. The summed E-state index contributed by atoms with van der Waals surface area (Å²) in [6, 6.07) is 5.98. The van der Waals surface area contributed by atoms with Gasteiger partial charge in [0.15, 0.2) is 0 Å². The SMILES string of the molecule is O=C(O)CCCCNC(=O)c1ccc(CCC(F)(F)F)cc1. The number of nitrogens with one attached hydrogen (secondary N) is 1. The van der Waals surface area contributed by atoms with Crippen molar-refractivity contribution in [2.45, 2.75) is 38.3 Å². The van der Waals surface area contributed by atoms with Crippen molar-refractivity contribution in [3.8, 4) is 0 Å². The van der Waals surface area contributed by atoms with E-state index in [1.54, 1.807) is 0 Å². The number of carboxylic acids is 1. The number of alkyl halides is 3. The van der Waals surface area contributed by atoms with Gasteiger partial charge in [-0.25, -0.2) is 0 Å². The van der Waals surface area contributed by atoms with Crippen LogP contribution in [0.15, 0.2) is 24.3 Å². The molecule has 0 spiro atoms. The van der Waals surface area contributed by atoms with Crippen molar-refractivity contribution in [1.82, 2.24) is 5.32 Å². The largest absolute Gasteiger partial charge is 0.481 e. The Morgan fingerprint density at radius 3 is 2.27 bits per heavy atom. The minimum absolute atomic E-state index is 0.0593. The first-order chi connectivity index (χ1) is 10.3. The summed E-state index contributed by atoms with van der Waals surface area (Å²) in [7, 11) is 0. The molecule has 0 saturated heterocycles. The number of carbonyl (C=O) groups excluding carboxylic acids is 1. The molecule has 0 aliphatic heterocycles. The molecule has 2 N–H and O–H groups in total. The fourth-order valence-corrected chi connectivity index (χ4v) is 1.81. The zero-order valence-electron chi connectivity index (χ0n) is 11.9. The summed E-state index contributed by atoms with van der Waals surface area (Å²) in [6.07, 6.45) is -4.09. The van der Waals surface area contributed by atoms with Gasteiger partial charge in [-0.1, -0.05) is 12.1 Å². The Labute approximate surface area is 126 Å². The van der Waals surface area contributed by atoms with E-state index in [2.05, 4.69) is 5.32 Å². The first kappa shape index (κ1) is 18.0. The summed E-state index contributed by atoms with van der Waals surface area (Å²) in [5, 5.41) is 11.1. The summed E-state index contributed by atoms with van der Waals surface area (Å²) in [4.78, 5) is 22.1. The maximum atomic E-state index is 12.1. The van der Waals surface area contributed by atoms with Gasteiger partial charge in [-0.15, -0.1) is 0 Å². The maximum Gasteiger partial charge on any atom is 0.389 e. The molecule has 0 aliphatic carbocycles. The molecular formula is C15H18F3NO3. The number of hydrogen-bond acceptors (Lipinski definition) is 2. The molecule has 0 radical (unpaired) electrons. The highest BCUT2D eigenvalue weighted by Crippen LogP contribution is 2.22. The number of carbonyl (C=O) groups is 2. The van der Waals surface area contributed by atoms with Gasteiger partial charge >= 0.3 is 12.1 Å². The van der Waals surface area contributed by atoms with Gasteiger partial charge in [-0.3, -0.25) is 9.59 Å². The normalized spacial score (nSPS) is 11.2. The van der Waals surface area contributed by atoms with Crippen molar-refractivity contribution in [3.63, 3.8) is 0 Å². The Balaban J connectivity index is 2.36. The monoisotopic (exact) mass is 317 g/mol. The first-order valence-electron chi connectivity index (χ1n) is 6.93. The van der Waals surface area contributed by atoms with Crippen molar-refractivity contribution in [2.24, 2.45) is 0 Å². The fourth-order valence-electron chi connectivity index (χ4n) is 1.81. The Morgan fingerprint density at radius 2 is 1.73 bits per heavy atom. The predicted octanol–water partition coefficient (Wildman–Crippen LogP) is 3.17. The summed E-state index contributed by atoms with van der Waals surface area (Å²) in [5.74, 6) is -1.20. The summed E-state index contributed by atoms with van der Waals surface area (Å²) in [5.41, 5.74) is 0.893. The Hall–Kier alpha value is -2.05. The van der Waals surface area contributed by atoms with E-state index in [1.807, 2.05) is 0 Å². The summed E-state index contributed by atoms with van der Waals surface area (Å²) < 4.78 is 36.3. The lowest BCUT2D eigenvalue weighted by Crippen LogP contribution is -2.24. The number of hydrogen-bond donors (Lipinski definition) is 2. The van der Waals surface area contributed by atoms with Crippen molar-refractivity contribution in [3.05, 3.63) is 35.4 Å². The van der Waals surface area contributed by atoms with Gasteiger partial charge in [0.2, 0.25) is 0 Å². The number of aliphatic carboxylic acids is 1. The molecule has 0 fully saturated rings. The van der Waals surface area contributed by atoms with Crippen molar-refractivity contribution < 1.29 is 27.9 Å². The van der Waals surface area contributed by atoms with Crippen LogP contribution in [0.3, 0.4) is 0 Å². The second kappa shape index (κ2) is 8.41. The molecule has 22 heavy (non-hydrogen) atoms. The Kier molecular flexibility index (Phi) is 6.88. The third-order valence-electron chi connectivity index (χ3n) is 3.02. The molecule has 4 nitrogen and oxygen atoms in total. The lowest BCUT2D eigenvalue weighted by Gasteiger charge is -2.07. The lowest BCUT2D eigenvalue weighted by molar-refractivity contribution is -0.137. The van der Waals surface area contributed by atoms with Crippen LogP contribution < -0.4 is 5.32 Å². The number of rotatable bonds is 8. The number of halogens is 3. The van der Waals surface area contributed by atoms with Crippen molar-refractivity contribution in [1.29, 1.82) is 0 Å². The molecular weight excluding hydrogens is 299 g/mol. The van der Waals surface area contributed by atoms with E-state index >= 15 is 0 Å². The van der Waals surface area contributed by atoms with Crippen LogP contribution in [0.1, 0.15) is 41.6 Å². The first-order valence-corrected chi connectivity index (χ1v) is 6.93. The molecule has 0 atom stereocenters. The van der Waals surface area contributed by atoms with Crippen LogP contribution in [-0.2, 0) is 11.2 Å². The highest BCUT2D eigenvalue weighted by molar-refractivity contribution is 5.94. The molecule has 1 aromatic rings. The molecule has 7 heteroatoms. The van der Waals surface area contributed by atoms with Crippen LogP contribution in [0.4, 0.5) is 13.2 Å². The molecule has 0 aliphatic rings. The van der Waals surface area contributed by atoms with Crippen LogP contribution in [0.5, 0.6) is 0 Å². The standard InChI is InChI=1S/C15H18F3NO3/c16-15(17,18)9-8-11-4-6-12(7-5-11)14(22)19-10-2-1-3-13(20)21/h4-7H,1-3,8-10H2,(H,19,22)(H,20,21). The smallest absolute Gasteiger partial charge is 0.389 e. The Bertz CT molecular complexity index is 498. The molecule has 0 bridgehead atoms. The molecule has 1 aromatic carbocycles. The van der Waals surface area contributed by atoms with Crippen LogP contribution in [0.25, 0.3) is 0 Å². The highest BCUT2D eigenvalue weighted by Gasteiger charge is 2.26. The second-order valence-corrected chi connectivity index (χ2v) is 4.92. The number of aryl methyl sites for hydroxylation is 1. The maximum absolute atomic E-state index is 12.1. The van der Waals surface area contributed by atoms with Gasteiger partial charge in [0.25, 0.3) is 5.91 Å². The third-order valence-corrected chi connectivity index (χ3v) is 3.02. The van der Waals surface area contributed by atoms with E-state index in [-0.39, 0.29) is 18.7 Å².